The Labute approximate surface area is 562 Å². The van der Waals surface area contributed by atoms with Crippen molar-refractivity contribution in [2.75, 3.05) is 39.6 Å². The third kappa shape index (κ3) is 62.8. The lowest BCUT2D eigenvalue weighted by Gasteiger charge is -2.21. The van der Waals surface area contributed by atoms with E-state index in [9.17, 15) is 43.2 Å². The molecule has 92 heavy (non-hydrogen) atoms. The quantitative estimate of drug-likeness (QED) is 0.0222. The van der Waals surface area contributed by atoms with Crippen LogP contribution in [0.2, 0.25) is 0 Å². The predicted octanol–water partition coefficient (Wildman–Crippen LogP) is 20.9. The summed E-state index contributed by atoms with van der Waals surface area (Å²) < 4.78 is 68.4. The van der Waals surface area contributed by atoms with E-state index in [2.05, 4.69) is 55.4 Å². The second-order valence-electron chi connectivity index (χ2n) is 27.5. The summed E-state index contributed by atoms with van der Waals surface area (Å²) in [6.45, 7) is 14.2. The first-order valence-electron chi connectivity index (χ1n) is 37.8. The van der Waals surface area contributed by atoms with Crippen LogP contribution in [0.25, 0.3) is 0 Å². The van der Waals surface area contributed by atoms with Gasteiger partial charge in [0.2, 0.25) is 0 Å². The standard InChI is InChI=1S/C73H142O17P2/c1-9-64(6)50-42-34-26-20-15-17-22-28-37-45-53-70(75)83-59-68(89-73(78)56-48-40-30-24-18-16-21-27-35-43-51-65(7)10-2)61-87-91(79,80)85-57-67(74)58-86-92(81,82)88-62-69(60-84-71(76)54-46-38-32-31-36-44-52-66(8)11-3)90-72(77)55-47-39-29-23-14-12-13-19-25-33-41-49-63(4)5/h63-69,74H,9-62H2,1-8H3,(H,79,80)(H,81,82)/t64?,65?,66?,67-,68-,69-/m1/s1. The highest BCUT2D eigenvalue weighted by Crippen LogP contribution is 2.45. The predicted molar refractivity (Wildman–Crippen MR) is 372 cm³/mol. The summed E-state index contributed by atoms with van der Waals surface area (Å²) in [5.74, 6) is 0.983. The van der Waals surface area contributed by atoms with Crippen molar-refractivity contribution in [1.29, 1.82) is 0 Å². The average Bonchev–Trinajstić information content (AvgIpc) is 1.88. The highest BCUT2D eigenvalue weighted by molar-refractivity contribution is 7.47. The number of carbonyl (C=O) groups is 4. The Bertz CT molecular complexity index is 1820. The minimum absolute atomic E-state index is 0.105. The van der Waals surface area contributed by atoms with E-state index in [4.69, 9.17) is 37.0 Å². The van der Waals surface area contributed by atoms with E-state index in [1.807, 2.05) is 0 Å². The summed E-state index contributed by atoms with van der Waals surface area (Å²) in [5, 5.41) is 10.6. The highest BCUT2D eigenvalue weighted by atomic mass is 31.2. The summed E-state index contributed by atoms with van der Waals surface area (Å²) in [7, 11) is -9.91. The van der Waals surface area contributed by atoms with Gasteiger partial charge in [0, 0.05) is 25.7 Å². The Morgan fingerprint density at radius 3 is 0.772 bits per heavy atom. The molecule has 0 heterocycles. The van der Waals surface area contributed by atoms with E-state index in [1.54, 1.807) is 0 Å². The Morgan fingerprint density at radius 1 is 0.304 bits per heavy atom. The van der Waals surface area contributed by atoms with Crippen LogP contribution in [0, 0.1) is 23.7 Å². The number of carbonyl (C=O) groups excluding carboxylic acids is 4. The van der Waals surface area contributed by atoms with E-state index >= 15 is 0 Å². The first-order chi connectivity index (χ1) is 44.2. The summed E-state index contributed by atoms with van der Waals surface area (Å²) in [4.78, 5) is 72.7. The zero-order chi connectivity index (χ0) is 68.2. The zero-order valence-corrected chi connectivity index (χ0v) is 62.0. The molecule has 0 aromatic rings. The number of aliphatic hydroxyl groups excluding tert-OH is 1. The molecule has 0 aliphatic rings. The van der Waals surface area contributed by atoms with Gasteiger partial charge in [-0.3, -0.25) is 37.3 Å². The Balaban J connectivity index is 5.28. The van der Waals surface area contributed by atoms with Crippen molar-refractivity contribution < 1.29 is 80.2 Å². The van der Waals surface area contributed by atoms with Gasteiger partial charge < -0.3 is 33.8 Å². The number of phosphoric ester groups is 2. The van der Waals surface area contributed by atoms with Crippen LogP contribution in [-0.2, 0) is 65.4 Å². The normalized spacial score (nSPS) is 15.1. The number of esters is 4. The summed E-state index contributed by atoms with van der Waals surface area (Å²) in [6, 6.07) is 0. The van der Waals surface area contributed by atoms with Crippen LogP contribution in [0.3, 0.4) is 0 Å². The van der Waals surface area contributed by atoms with Crippen LogP contribution >= 0.6 is 15.6 Å². The Hall–Kier alpha value is -1.94. The number of rotatable bonds is 70. The molecule has 0 saturated carbocycles. The van der Waals surface area contributed by atoms with Gasteiger partial charge >= 0.3 is 39.5 Å². The molecular formula is C73H142O17P2. The molecule has 546 valence electrons. The highest BCUT2D eigenvalue weighted by Gasteiger charge is 2.30. The van der Waals surface area contributed by atoms with Crippen LogP contribution in [0.4, 0.5) is 0 Å². The summed E-state index contributed by atoms with van der Waals surface area (Å²) in [6.07, 6.45) is 45.6. The molecule has 0 amide bonds. The van der Waals surface area contributed by atoms with E-state index in [0.717, 1.165) is 120 Å². The molecule has 0 bridgehead atoms. The van der Waals surface area contributed by atoms with Crippen LogP contribution < -0.4 is 0 Å². The molecule has 0 aromatic carbocycles. The fraction of sp³-hybridized carbons (Fsp3) is 0.945. The first-order valence-corrected chi connectivity index (χ1v) is 40.8. The Kier molecular flexibility index (Phi) is 61.3. The number of aliphatic hydroxyl groups is 1. The lowest BCUT2D eigenvalue weighted by atomic mass is 9.99. The van der Waals surface area contributed by atoms with E-state index < -0.39 is 97.5 Å². The number of ether oxygens (including phenoxy) is 4. The fourth-order valence-corrected chi connectivity index (χ4v) is 12.5. The minimum atomic E-state index is -4.96. The molecule has 17 nitrogen and oxygen atoms in total. The number of phosphoric acid groups is 2. The monoisotopic (exact) mass is 1350 g/mol. The van der Waals surface area contributed by atoms with Gasteiger partial charge in [-0.05, 0) is 49.4 Å². The van der Waals surface area contributed by atoms with E-state index in [-0.39, 0.29) is 25.7 Å². The molecule has 8 atom stereocenters. The average molecular weight is 1350 g/mol. The van der Waals surface area contributed by atoms with Crippen molar-refractivity contribution in [1.82, 2.24) is 0 Å². The van der Waals surface area contributed by atoms with Crippen molar-refractivity contribution >= 4 is 39.5 Å². The molecule has 0 fully saturated rings. The number of hydrogen-bond acceptors (Lipinski definition) is 15. The second kappa shape index (κ2) is 62.6. The molecule has 19 heteroatoms. The zero-order valence-electron chi connectivity index (χ0n) is 60.2. The third-order valence-corrected chi connectivity index (χ3v) is 19.8. The van der Waals surface area contributed by atoms with Gasteiger partial charge in [-0.25, -0.2) is 9.13 Å². The maximum absolute atomic E-state index is 13.1. The van der Waals surface area contributed by atoms with Crippen molar-refractivity contribution in [3.8, 4) is 0 Å². The van der Waals surface area contributed by atoms with Crippen molar-refractivity contribution in [3.63, 3.8) is 0 Å². The van der Waals surface area contributed by atoms with E-state index in [1.165, 1.54) is 161 Å². The number of unbranched alkanes of at least 4 members (excludes halogenated alkanes) is 33. The van der Waals surface area contributed by atoms with Crippen LogP contribution in [-0.4, -0.2) is 96.7 Å². The third-order valence-electron chi connectivity index (χ3n) is 17.9. The van der Waals surface area contributed by atoms with Gasteiger partial charge in [0.1, 0.15) is 19.3 Å². The van der Waals surface area contributed by atoms with Gasteiger partial charge in [-0.2, -0.15) is 0 Å². The smallest absolute Gasteiger partial charge is 0.462 e. The topological polar surface area (TPSA) is 237 Å². The number of hydrogen-bond donors (Lipinski definition) is 3. The second-order valence-corrected chi connectivity index (χ2v) is 30.4. The first kappa shape index (κ1) is 90.1. The van der Waals surface area contributed by atoms with Crippen LogP contribution in [0.5, 0.6) is 0 Å². The molecule has 0 aromatic heterocycles. The SMILES string of the molecule is CCC(C)CCCCCCCCCCCCC(=O)OC[C@H](COP(=O)(O)OC[C@@H](O)COP(=O)(O)OC[C@@H](COC(=O)CCCCCCCCC(C)CC)OC(=O)CCCCCCCCCCCCCC(C)C)OC(=O)CCCCCCCCCCCCC(C)CC. The molecule has 0 saturated heterocycles. The molecule has 0 aliphatic carbocycles. The molecule has 0 radical (unpaired) electrons. The largest absolute Gasteiger partial charge is 0.472 e. The molecule has 0 rings (SSSR count). The lowest BCUT2D eigenvalue weighted by molar-refractivity contribution is -0.161. The van der Waals surface area contributed by atoms with Gasteiger partial charge in [0.15, 0.2) is 12.2 Å². The molecule has 3 N–H and O–H groups in total. The molecule has 0 spiro atoms. The summed E-state index contributed by atoms with van der Waals surface area (Å²) in [5.41, 5.74) is 0. The minimum Gasteiger partial charge on any atom is -0.462 e. The molecule has 5 unspecified atom stereocenters. The summed E-state index contributed by atoms with van der Waals surface area (Å²) >= 11 is 0. The van der Waals surface area contributed by atoms with Gasteiger partial charge in [0.25, 0.3) is 0 Å². The maximum Gasteiger partial charge on any atom is 0.472 e. The van der Waals surface area contributed by atoms with E-state index in [0.29, 0.717) is 25.7 Å². The molecule has 0 aliphatic heterocycles. The molecular weight excluding hydrogens is 1210 g/mol. The van der Waals surface area contributed by atoms with Crippen LogP contribution in [0.15, 0.2) is 0 Å². The van der Waals surface area contributed by atoms with Crippen molar-refractivity contribution in [3.05, 3.63) is 0 Å². The van der Waals surface area contributed by atoms with Crippen molar-refractivity contribution in [2.24, 2.45) is 23.7 Å². The fourth-order valence-electron chi connectivity index (χ4n) is 10.9. The lowest BCUT2D eigenvalue weighted by Crippen LogP contribution is -2.30. The van der Waals surface area contributed by atoms with Gasteiger partial charge in [-0.15, -0.1) is 0 Å². The van der Waals surface area contributed by atoms with Gasteiger partial charge in [-0.1, -0.05) is 312 Å². The van der Waals surface area contributed by atoms with Crippen LogP contribution in [0.1, 0.15) is 364 Å². The van der Waals surface area contributed by atoms with Crippen molar-refractivity contribution in [2.45, 2.75) is 382 Å². The van der Waals surface area contributed by atoms with Gasteiger partial charge in [0.05, 0.1) is 26.4 Å². The maximum atomic E-state index is 13.1. The Morgan fingerprint density at radius 2 is 0.522 bits per heavy atom.